The lowest BCUT2D eigenvalue weighted by molar-refractivity contribution is -0.133. The van der Waals surface area contributed by atoms with Crippen molar-refractivity contribution in [3.63, 3.8) is 0 Å². The van der Waals surface area contributed by atoms with Crippen LogP contribution in [-0.2, 0) is 20.9 Å². The summed E-state index contributed by atoms with van der Waals surface area (Å²) in [7, 11) is 1.57. The number of carbonyl (C=O) groups excluding carboxylic acids is 3. The minimum Gasteiger partial charge on any atom is -0.359 e. The first-order valence-corrected chi connectivity index (χ1v) is 8.15. The number of nitrogens with one attached hydrogen (secondary N) is 1. The summed E-state index contributed by atoms with van der Waals surface area (Å²) in [6.07, 6.45) is 2.03. The highest BCUT2D eigenvalue weighted by Gasteiger charge is 2.30. The van der Waals surface area contributed by atoms with E-state index in [1.165, 1.54) is 6.92 Å². The van der Waals surface area contributed by atoms with Gasteiger partial charge in [0, 0.05) is 65.0 Å². The third-order valence-electron chi connectivity index (χ3n) is 4.40. The minimum atomic E-state index is -0.406. The molecular formula is C16H25N5O3. The number of hydrogen-bond donors (Lipinski definition) is 1. The van der Waals surface area contributed by atoms with Gasteiger partial charge in [0.05, 0.1) is 5.92 Å². The van der Waals surface area contributed by atoms with Gasteiger partial charge in [0.1, 0.15) is 0 Å². The average molecular weight is 335 g/mol. The number of carbonyl (C=O) groups is 3. The second-order valence-electron chi connectivity index (χ2n) is 6.06. The fourth-order valence-electron chi connectivity index (χ4n) is 2.89. The van der Waals surface area contributed by atoms with Crippen molar-refractivity contribution in [2.24, 2.45) is 5.92 Å². The van der Waals surface area contributed by atoms with Gasteiger partial charge in [0.2, 0.25) is 17.7 Å². The van der Waals surface area contributed by atoms with Crippen LogP contribution in [0.15, 0.2) is 12.3 Å². The van der Waals surface area contributed by atoms with Crippen LogP contribution in [0, 0.1) is 12.8 Å². The van der Waals surface area contributed by atoms with Crippen LogP contribution in [0.5, 0.6) is 0 Å². The van der Waals surface area contributed by atoms with E-state index in [1.54, 1.807) is 27.7 Å². The maximum atomic E-state index is 12.5. The molecule has 2 heterocycles. The van der Waals surface area contributed by atoms with Gasteiger partial charge in [-0.25, -0.2) is 0 Å². The Labute approximate surface area is 141 Å². The summed E-state index contributed by atoms with van der Waals surface area (Å²) in [5.74, 6) is -0.657. The maximum absolute atomic E-state index is 12.5. The molecule has 1 aromatic rings. The smallest absolute Gasteiger partial charge is 0.226 e. The predicted molar refractivity (Wildman–Crippen MR) is 88.0 cm³/mol. The summed E-state index contributed by atoms with van der Waals surface area (Å²) in [5.41, 5.74) is 1.00. The lowest BCUT2D eigenvalue weighted by atomic mass is 10.1. The van der Waals surface area contributed by atoms with Crippen molar-refractivity contribution >= 4 is 17.7 Å². The first-order valence-electron chi connectivity index (χ1n) is 8.15. The molecule has 1 fully saturated rings. The molecule has 2 rings (SSSR count). The third kappa shape index (κ3) is 4.33. The molecule has 1 aliphatic heterocycles. The van der Waals surface area contributed by atoms with E-state index in [2.05, 4.69) is 10.4 Å². The lowest BCUT2D eigenvalue weighted by Gasteiger charge is -2.23. The molecule has 0 spiro atoms. The Bertz CT molecular complexity index is 613. The molecule has 0 aromatic carbocycles. The zero-order valence-electron chi connectivity index (χ0n) is 14.5. The Morgan fingerprint density at radius 3 is 2.50 bits per heavy atom. The number of aromatic nitrogens is 2. The molecule has 1 atom stereocenters. The van der Waals surface area contributed by atoms with Crippen molar-refractivity contribution in [1.29, 1.82) is 0 Å². The van der Waals surface area contributed by atoms with Crippen LogP contribution in [0.25, 0.3) is 0 Å². The molecule has 0 bridgehead atoms. The molecule has 0 unspecified atom stereocenters. The van der Waals surface area contributed by atoms with Crippen LogP contribution < -0.4 is 5.32 Å². The second-order valence-corrected chi connectivity index (χ2v) is 6.06. The first kappa shape index (κ1) is 18.0. The van der Waals surface area contributed by atoms with Gasteiger partial charge in [-0.1, -0.05) is 0 Å². The Balaban J connectivity index is 2.02. The van der Waals surface area contributed by atoms with E-state index < -0.39 is 5.92 Å². The first-order chi connectivity index (χ1) is 11.4. The molecule has 1 aromatic heterocycles. The SMILES string of the molecule is CNC(=O)[C@H]1CN(C(C)=O)CCN(C(=O)CCn2nccc2C)C1. The molecule has 1 saturated heterocycles. The highest BCUT2D eigenvalue weighted by atomic mass is 16.2. The van der Waals surface area contributed by atoms with E-state index in [9.17, 15) is 14.4 Å². The molecule has 0 aliphatic carbocycles. The summed E-state index contributed by atoms with van der Waals surface area (Å²) >= 11 is 0. The van der Waals surface area contributed by atoms with E-state index in [4.69, 9.17) is 0 Å². The third-order valence-corrected chi connectivity index (χ3v) is 4.40. The molecule has 8 heteroatoms. The number of amides is 3. The minimum absolute atomic E-state index is 0.0239. The van der Waals surface area contributed by atoms with Crippen LogP contribution in [0.2, 0.25) is 0 Å². The van der Waals surface area contributed by atoms with E-state index in [0.717, 1.165) is 5.69 Å². The summed E-state index contributed by atoms with van der Waals surface area (Å²) in [6, 6.07) is 1.89. The van der Waals surface area contributed by atoms with Crippen molar-refractivity contribution in [3.8, 4) is 0 Å². The van der Waals surface area contributed by atoms with Gasteiger partial charge in [0.25, 0.3) is 0 Å². The number of aryl methyl sites for hydroxylation is 2. The monoisotopic (exact) mass is 335 g/mol. The molecule has 1 aliphatic rings. The van der Waals surface area contributed by atoms with Gasteiger partial charge >= 0.3 is 0 Å². The van der Waals surface area contributed by atoms with Crippen LogP contribution >= 0.6 is 0 Å². The highest BCUT2D eigenvalue weighted by Crippen LogP contribution is 2.12. The Hall–Kier alpha value is -2.38. The topological polar surface area (TPSA) is 87.5 Å². The van der Waals surface area contributed by atoms with Crippen molar-refractivity contribution in [2.75, 3.05) is 33.2 Å². The summed E-state index contributed by atoms with van der Waals surface area (Å²) < 4.78 is 1.79. The van der Waals surface area contributed by atoms with E-state index >= 15 is 0 Å². The summed E-state index contributed by atoms with van der Waals surface area (Å²) in [4.78, 5) is 39.6. The largest absolute Gasteiger partial charge is 0.359 e. The Kier molecular flexibility index (Phi) is 5.94. The molecule has 8 nitrogen and oxygen atoms in total. The number of hydrogen-bond acceptors (Lipinski definition) is 4. The zero-order valence-corrected chi connectivity index (χ0v) is 14.5. The molecule has 3 amide bonds. The van der Waals surface area contributed by atoms with Crippen LogP contribution in [0.3, 0.4) is 0 Å². The summed E-state index contributed by atoms with van der Waals surface area (Å²) in [6.45, 7) is 5.51. The van der Waals surface area contributed by atoms with Crippen molar-refractivity contribution in [2.45, 2.75) is 26.8 Å². The standard InChI is InChI=1S/C16H25N5O3/c1-12-4-6-18-21(12)7-5-15(23)20-9-8-19(13(2)22)10-14(11-20)16(24)17-3/h4,6,14H,5,7-11H2,1-3H3,(H,17,24)/t14-/m0/s1. The van der Waals surface area contributed by atoms with Crippen molar-refractivity contribution in [3.05, 3.63) is 18.0 Å². The zero-order chi connectivity index (χ0) is 17.7. The van der Waals surface area contributed by atoms with Crippen molar-refractivity contribution in [1.82, 2.24) is 24.9 Å². The average Bonchev–Trinajstić information content (AvgIpc) is 2.84. The molecule has 24 heavy (non-hydrogen) atoms. The van der Waals surface area contributed by atoms with E-state index in [0.29, 0.717) is 39.1 Å². The fourth-order valence-corrected chi connectivity index (χ4v) is 2.89. The molecule has 0 radical (unpaired) electrons. The van der Waals surface area contributed by atoms with Gasteiger partial charge in [0.15, 0.2) is 0 Å². The number of rotatable bonds is 4. The fraction of sp³-hybridized carbons (Fsp3) is 0.625. The van der Waals surface area contributed by atoms with Gasteiger partial charge in [-0.3, -0.25) is 19.1 Å². The molecule has 0 saturated carbocycles. The van der Waals surface area contributed by atoms with Crippen molar-refractivity contribution < 1.29 is 14.4 Å². The normalized spacial score (nSPS) is 18.2. The van der Waals surface area contributed by atoms with E-state index in [-0.39, 0.29) is 17.7 Å². The second kappa shape index (κ2) is 7.94. The van der Waals surface area contributed by atoms with Crippen LogP contribution in [0.1, 0.15) is 19.0 Å². The van der Waals surface area contributed by atoms with Crippen LogP contribution in [0.4, 0.5) is 0 Å². The van der Waals surface area contributed by atoms with Gasteiger partial charge in [-0.15, -0.1) is 0 Å². The number of nitrogens with zero attached hydrogens (tertiary/aromatic N) is 4. The van der Waals surface area contributed by atoms with E-state index in [1.807, 2.05) is 13.0 Å². The maximum Gasteiger partial charge on any atom is 0.226 e. The summed E-state index contributed by atoms with van der Waals surface area (Å²) in [5, 5.41) is 6.79. The van der Waals surface area contributed by atoms with Gasteiger partial charge in [-0.05, 0) is 13.0 Å². The van der Waals surface area contributed by atoms with Gasteiger partial charge in [-0.2, -0.15) is 5.10 Å². The molecular weight excluding hydrogens is 310 g/mol. The predicted octanol–water partition coefficient (Wildman–Crippen LogP) is -0.365. The quantitative estimate of drug-likeness (QED) is 0.814. The lowest BCUT2D eigenvalue weighted by Crippen LogP contribution is -2.42. The van der Waals surface area contributed by atoms with Gasteiger partial charge < -0.3 is 15.1 Å². The highest BCUT2D eigenvalue weighted by molar-refractivity contribution is 5.82. The Morgan fingerprint density at radius 1 is 1.25 bits per heavy atom. The molecule has 1 N–H and O–H groups in total. The Morgan fingerprint density at radius 2 is 1.92 bits per heavy atom. The molecule has 132 valence electrons. The van der Waals surface area contributed by atoms with Crippen LogP contribution in [-0.4, -0.2) is 70.5 Å².